The molecule has 3 rings (SSSR count). The highest BCUT2D eigenvalue weighted by molar-refractivity contribution is 5.93. The Labute approximate surface area is 213 Å². The summed E-state index contributed by atoms with van der Waals surface area (Å²) in [7, 11) is 0. The number of carbonyl (C=O) groups is 3. The summed E-state index contributed by atoms with van der Waals surface area (Å²) in [6.07, 6.45) is -1.53. The van der Waals surface area contributed by atoms with Crippen LogP contribution in [0.3, 0.4) is 0 Å². The first-order valence-electron chi connectivity index (χ1n) is 11.9. The van der Waals surface area contributed by atoms with E-state index in [1.165, 1.54) is 12.1 Å². The molecule has 1 aliphatic heterocycles. The van der Waals surface area contributed by atoms with Gasteiger partial charge in [0.25, 0.3) is 0 Å². The number of benzene rings is 2. The zero-order valence-electron chi connectivity index (χ0n) is 20.2. The molecule has 0 saturated heterocycles. The summed E-state index contributed by atoms with van der Waals surface area (Å²) in [5.41, 5.74) is 13.7. The molecule has 0 unspecified atom stereocenters. The van der Waals surface area contributed by atoms with E-state index in [2.05, 4.69) is 16.0 Å². The summed E-state index contributed by atoms with van der Waals surface area (Å²) in [5.74, 6) is -2.27. The maximum Gasteiger partial charge on any atom is 0.243 e. The van der Waals surface area contributed by atoms with Crippen molar-refractivity contribution in [2.45, 2.75) is 43.5 Å². The molecule has 0 aliphatic carbocycles. The number of carbonyl (C=O) groups excluding carboxylic acids is 3. The van der Waals surface area contributed by atoms with Crippen LogP contribution in [-0.4, -0.2) is 82.1 Å². The molecule has 1 aliphatic rings. The number of aromatic hydroxyl groups is 2. The lowest BCUT2D eigenvalue weighted by Crippen LogP contribution is -2.57. The van der Waals surface area contributed by atoms with Gasteiger partial charge in [0.15, 0.2) is 0 Å². The van der Waals surface area contributed by atoms with Crippen LogP contribution in [0.25, 0.3) is 11.1 Å². The number of nitrogens with one attached hydrogen (secondary N) is 3. The maximum absolute atomic E-state index is 13.2. The summed E-state index contributed by atoms with van der Waals surface area (Å²) in [4.78, 5) is 39.0. The van der Waals surface area contributed by atoms with Crippen molar-refractivity contribution in [3.63, 3.8) is 0 Å². The number of aliphatic hydroxyl groups is 2. The molecule has 11 N–H and O–H groups in total. The molecule has 1 heterocycles. The molecule has 0 spiro atoms. The summed E-state index contributed by atoms with van der Waals surface area (Å²) < 4.78 is 0. The first-order valence-corrected chi connectivity index (χ1v) is 11.9. The van der Waals surface area contributed by atoms with Crippen LogP contribution in [0, 0.1) is 0 Å². The highest BCUT2D eigenvalue weighted by Crippen LogP contribution is 2.30. The van der Waals surface area contributed by atoms with Gasteiger partial charge in [-0.1, -0.05) is 12.1 Å². The summed E-state index contributed by atoms with van der Waals surface area (Å²) >= 11 is 0. The van der Waals surface area contributed by atoms with E-state index in [4.69, 9.17) is 16.6 Å². The van der Waals surface area contributed by atoms with Gasteiger partial charge in [-0.05, 0) is 46.5 Å². The maximum atomic E-state index is 13.2. The van der Waals surface area contributed by atoms with E-state index in [9.17, 15) is 29.7 Å². The second kappa shape index (κ2) is 12.5. The van der Waals surface area contributed by atoms with E-state index in [1.54, 1.807) is 24.3 Å². The molecule has 4 bridgehead atoms. The molecule has 12 nitrogen and oxygen atoms in total. The van der Waals surface area contributed by atoms with E-state index < -0.39 is 42.0 Å². The third kappa shape index (κ3) is 7.17. The number of hydrogen-bond donors (Lipinski definition) is 9. The van der Waals surface area contributed by atoms with E-state index in [1.807, 2.05) is 0 Å². The van der Waals surface area contributed by atoms with Gasteiger partial charge in [0, 0.05) is 32.4 Å². The summed E-state index contributed by atoms with van der Waals surface area (Å²) in [5, 5.41) is 47.6. The lowest BCUT2D eigenvalue weighted by atomic mass is 9.95. The highest BCUT2D eigenvalue weighted by Gasteiger charge is 2.30. The molecule has 3 amide bonds. The molecule has 12 heteroatoms. The predicted octanol–water partition coefficient (Wildman–Crippen LogP) is -2.02. The minimum atomic E-state index is -1.28. The lowest BCUT2D eigenvalue weighted by molar-refractivity contribution is -0.133. The van der Waals surface area contributed by atoms with Gasteiger partial charge in [-0.25, -0.2) is 0 Å². The van der Waals surface area contributed by atoms with Crippen molar-refractivity contribution < 1.29 is 34.8 Å². The van der Waals surface area contributed by atoms with Crippen molar-refractivity contribution in [3.05, 3.63) is 47.5 Å². The Bertz CT molecular complexity index is 1140. The largest absolute Gasteiger partial charge is 0.508 e. The fraction of sp³-hybridized carbons (Fsp3) is 0.400. The van der Waals surface area contributed by atoms with Gasteiger partial charge in [0.2, 0.25) is 17.7 Å². The molecule has 2 aromatic rings. The van der Waals surface area contributed by atoms with E-state index in [-0.39, 0.29) is 50.5 Å². The van der Waals surface area contributed by atoms with Crippen LogP contribution in [0.2, 0.25) is 0 Å². The van der Waals surface area contributed by atoms with Crippen LogP contribution in [0.15, 0.2) is 36.4 Å². The van der Waals surface area contributed by atoms with E-state index >= 15 is 0 Å². The Morgan fingerprint density at radius 3 is 2.16 bits per heavy atom. The number of amides is 3. The Hall–Kier alpha value is -3.71. The molecule has 4 atom stereocenters. The minimum absolute atomic E-state index is 0.0452. The average Bonchev–Trinajstić information content (AvgIpc) is 2.88. The van der Waals surface area contributed by atoms with Crippen molar-refractivity contribution in [1.82, 2.24) is 16.0 Å². The number of phenols is 2. The Morgan fingerprint density at radius 1 is 1.00 bits per heavy atom. The predicted molar refractivity (Wildman–Crippen MR) is 134 cm³/mol. The Kier molecular flexibility index (Phi) is 9.42. The van der Waals surface area contributed by atoms with Gasteiger partial charge >= 0.3 is 0 Å². The third-order valence-corrected chi connectivity index (χ3v) is 6.15. The van der Waals surface area contributed by atoms with Crippen molar-refractivity contribution in [3.8, 4) is 22.6 Å². The number of hydrogen-bond acceptors (Lipinski definition) is 9. The van der Waals surface area contributed by atoms with Crippen LogP contribution in [-0.2, 0) is 27.2 Å². The van der Waals surface area contributed by atoms with Crippen molar-refractivity contribution >= 4 is 17.7 Å². The van der Waals surface area contributed by atoms with Crippen LogP contribution < -0.4 is 27.4 Å². The van der Waals surface area contributed by atoms with Crippen LogP contribution in [0.4, 0.5) is 0 Å². The second-order valence-corrected chi connectivity index (χ2v) is 8.96. The fourth-order valence-corrected chi connectivity index (χ4v) is 4.07. The van der Waals surface area contributed by atoms with Crippen molar-refractivity contribution in [2.24, 2.45) is 11.5 Å². The number of nitrogens with two attached hydrogens (primary N) is 2. The van der Waals surface area contributed by atoms with Crippen molar-refractivity contribution in [2.75, 3.05) is 19.7 Å². The zero-order chi connectivity index (χ0) is 27.1. The molecular formula is C25H33N5O7. The molecule has 200 valence electrons. The average molecular weight is 516 g/mol. The topological polar surface area (TPSA) is 220 Å². The van der Waals surface area contributed by atoms with E-state index in [0.29, 0.717) is 22.3 Å². The molecule has 37 heavy (non-hydrogen) atoms. The van der Waals surface area contributed by atoms with Crippen LogP contribution in [0.5, 0.6) is 11.5 Å². The second-order valence-electron chi connectivity index (χ2n) is 8.96. The van der Waals surface area contributed by atoms with Gasteiger partial charge in [0.05, 0.1) is 18.8 Å². The van der Waals surface area contributed by atoms with Crippen LogP contribution >= 0.6 is 0 Å². The molecule has 0 fully saturated rings. The van der Waals surface area contributed by atoms with Gasteiger partial charge in [-0.2, -0.15) is 0 Å². The van der Waals surface area contributed by atoms with Gasteiger partial charge in [0.1, 0.15) is 23.6 Å². The fourth-order valence-electron chi connectivity index (χ4n) is 4.07. The monoisotopic (exact) mass is 515 g/mol. The van der Waals surface area contributed by atoms with Crippen molar-refractivity contribution in [1.29, 1.82) is 0 Å². The first kappa shape index (κ1) is 27.9. The number of aliphatic hydroxyl groups excluding tert-OH is 2. The minimum Gasteiger partial charge on any atom is -0.508 e. The summed E-state index contributed by atoms with van der Waals surface area (Å²) in [6.45, 7) is -0.558. The summed E-state index contributed by atoms with van der Waals surface area (Å²) in [6, 6.07) is 5.95. The molecule has 0 radical (unpaired) electrons. The van der Waals surface area contributed by atoms with Gasteiger partial charge < -0.3 is 47.8 Å². The standard InChI is InChI=1S/C25H33N5O7/c26-12-17(32)11-20-25(37)30-19(24(36)28-5-6-31)10-16-8-14(2-4-22(16)34)13-1-3-21(33)15(7-13)9-18(27)23(35)29-20/h1-4,7-8,17-20,31-34H,5-6,9-12,26-27H2,(H,28,36)(H,29,35)(H,30,37)/t17-,18-,19-,20-/m1/s1. The number of rotatable bonds is 6. The van der Waals surface area contributed by atoms with Gasteiger partial charge in [-0.3, -0.25) is 14.4 Å². The molecule has 2 aromatic carbocycles. The van der Waals surface area contributed by atoms with E-state index in [0.717, 1.165) is 0 Å². The zero-order valence-corrected chi connectivity index (χ0v) is 20.2. The first-order chi connectivity index (χ1) is 17.6. The quantitative estimate of drug-likeness (QED) is 0.207. The molecular weight excluding hydrogens is 482 g/mol. The molecule has 0 saturated carbocycles. The molecule has 0 aromatic heterocycles. The highest BCUT2D eigenvalue weighted by atomic mass is 16.3. The Balaban J connectivity index is 2.09. The van der Waals surface area contributed by atoms with Gasteiger partial charge in [-0.15, -0.1) is 0 Å². The third-order valence-electron chi connectivity index (χ3n) is 6.15. The number of phenolic OH excluding ortho intramolecular Hbond substituents is 2. The van der Waals surface area contributed by atoms with Crippen LogP contribution in [0.1, 0.15) is 17.5 Å². The smallest absolute Gasteiger partial charge is 0.243 e. The Morgan fingerprint density at radius 2 is 1.59 bits per heavy atom. The SMILES string of the molecule is NC[C@H](O)C[C@H]1NC(=O)[C@H](N)Cc2cc(ccc2O)-c2ccc(O)c(c2)C[C@H](C(=O)NCCO)NC1=O. The number of fused-ring (bicyclic) bond motifs is 5. The normalized spacial score (nSPS) is 21.1. The lowest BCUT2D eigenvalue weighted by Gasteiger charge is -2.25.